The molecular weight excluding hydrogens is 248 g/mol. The Morgan fingerprint density at radius 2 is 2.15 bits per heavy atom. The van der Waals surface area contributed by atoms with E-state index < -0.39 is 0 Å². The summed E-state index contributed by atoms with van der Waals surface area (Å²) in [6.45, 7) is 4.01. The number of nitrogens with one attached hydrogen (secondary N) is 1. The highest BCUT2D eigenvalue weighted by atomic mass is 15.1. The summed E-state index contributed by atoms with van der Waals surface area (Å²) < 4.78 is 0. The van der Waals surface area contributed by atoms with E-state index in [0.717, 1.165) is 31.7 Å². The molecule has 1 aromatic heterocycles. The third kappa shape index (κ3) is 2.43. The number of aromatic nitrogens is 1. The number of nitrogens with two attached hydrogens (primary N) is 1. The summed E-state index contributed by atoms with van der Waals surface area (Å²) in [5.74, 6) is 0.616. The van der Waals surface area contributed by atoms with E-state index in [2.05, 4.69) is 28.2 Å². The van der Waals surface area contributed by atoms with E-state index >= 15 is 0 Å². The summed E-state index contributed by atoms with van der Waals surface area (Å²) in [5.41, 5.74) is 8.80. The highest BCUT2D eigenvalue weighted by molar-refractivity contribution is 5.85. The maximum absolute atomic E-state index is 8.95. The van der Waals surface area contributed by atoms with Gasteiger partial charge in [0.25, 0.3) is 0 Å². The Morgan fingerprint density at radius 3 is 2.85 bits per heavy atom. The van der Waals surface area contributed by atoms with Crippen molar-refractivity contribution in [2.45, 2.75) is 18.8 Å². The molecule has 0 unspecified atom stereocenters. The molecule has 0 atom stereocenters. The Kier molecular flexibility index (Phi) is 3.72. The number of H-pyrrole nitrogens is 1. The van der Waals surface area contributed by atoms with Crippen molar-refractivity contribution in [2.75, 3.05) is 26.2 Å². The van der Waals surface area contributed by atoms with Crippen molar-refractivity contribution in [1.29, 1.82) is 5.26 Å². The van der Waals surface area contributed by atoms with Gasteiger partial charge in [-0.2, -0.15) is 5.26 Å². The first-order chi connectivity index (χ1) is 9.81. The minimum absolute atomic E-state index is 0.616. The van der Waals surface area contributed by atoms with Gasteiger partial charge in [-0.05, 0) is 49.5 Å². The SMILES string of the molecule is N#Cc1ccc2c(C3CCN(CCN)CC3)c[nH]c2c1. The monoisotopic (exact) mass is 268 g/mol. The van der Waals surface area contributed by atoms with Crippen molar-refractivity contribution in [2.24, 2.45) is 5.73 Å². The molecule has 1 fully saturated rings. The van der Waals surface area contributed by atoms with Gasteiger partial charge in [0.2, 0.25) is 0 Å². The lowest BCUT2D eigenvalue weighted by Crippen LogP contribution is -2.36. The highest BCUT2D eigenvalue weighted by Crippen LogP contribution is 2.33. The zero-order valence-corrected chi connectivity index (χ0v) is 11.6. The van der Waals surface area contributed by atoms with E-state index in [1.807, 2.05) is 12.1 Å². The molecule has 20 heavy (non-hydrogen) atoms. The Morgan fingerprint density at radius 1 is 1.35 bits per heavy atom. The summed E-state index contributed by atoms with van der Waals surface area (Å²) in [7, 11) is 0. The molecule has 0 bridgehead atoms. The lowest BCUT2D eigenvalue weighted by molar-refractivity contribution is 0.218. The van der Waals surface area contributed by atoms with Gasteiger partial charge >= 0.3 is 0 Å². The number of fused-ring (bicyclic) bond motifs is 1. The molecule has 2 aromatic rings. The topological polar surface area (TPSA) is 68.8 Å². The molecule has 1 aliphatic rings. The number of rotatable bonds is 3. The molecule has 4 nitrogen and oxygen atoms in total. The van der Waals surface area contributed by atoms with Gasteiger partial charge in [-0.3, -0.25) is 0 Å². The first kappa shape index (κ1) is 13.2. The Labute approximate surface area is 119 Å². The summed E-state index contributed by atoms with van der Waals surface area (Å²) >= 11 is 0. The second-order valence-corrected chi connectivity index (χ2v) is 5.52. The van der Waals surface area contributed by atoms with Crippen molar-refractivity contribution < 1.29 is 0 Å². The van der Waals surface area contributed by atoms with Crippen LogP contribution in [-0.4, -0.2) is 36.1 Å². The third-order valence-corrected chi connectivity index (χ3v) is 4.32. The number of likely N-dealkylation sites (tertiary alicyclic amines) is 1. The molecular formula is C16H20N4. The molecule has 4 heteroatoms. The second-order valence-electron chi connectivity index (χ2n) is 5.52. The fourth-order valence-corrected chi connectivity index (χ4v) is 3.21. The third-order valence-electron chi connectivity index (χ3n) is 4.32. The molecule has 2 heterocycles. The van der Waals surface area contributed by atoms with Gasteiger partial charge in [-0.25, -0.2) is 0 Å². The summed E-state index contributed by atoms with van der Waals surface area (Å²) in [6, 6.07) is 8.10. The van der Waals surface area contributed by atoms with Crippen LogP contribution >= 0.6 is 0 Å². The van der Waals surface area contributed by atoms with Crippen LogP contribution in [0.2, 0.25) is 0 Å². The van der Waals surface area contributed by atoms with Crippen LogP contribution in [0.25, 0.3) is 10.9 Å². The van der Waals surface area contributed by atoms with Crippen LogP contribution in [0.15, 0.2) is 24.4 Å². The van der Waals surface area contributed by atoms with E-state index in [9.17, 15) is 0 Å². The normalized spacial score (nSPS) is 17.4. The number of benzene rings is 1. The summed E-state index contributed by atoms with van der Waals surface area (Å²) in [6.07, 6.45) is 4.50. The van der Waals surface area contributed by atoms with Gasteiger partial charge in [0.1, 0.15) is 0 Å². The number of hydrogen-bond donors (Lipinski definition) is 2. The van der Waals surface area contributed by atoms with Crippen LogP contribution in [0.4, 0.5) is 0 Å². The van der Waals surface area contributed by atoms with Crippen LogP contribution < -0.4 is 5.73 Å². The molecule has 0 saturated carbocycles. The van der Waals surface area contributed by atoms with Gasteiger partial charge < -0.3 is 15.6 Å². The van der Waals surface area contributed by atoms with E-state index in [1.165, 1.54) is 23.8 Å². The molecule has 104 valence electrons. The predicted molar refractivity (Wildman–Crippen MR) is 80.5 cm³/mol. The van der Waals surface area contributed by atoms with Gasteiger partial charge in [0.05, 0.1) is 11.6 Å². The molecule has 0 aliphatic carbocycles. The Balaban J connectivity index is 1.80. The Hall–Kier alpha value is -1.83. The molecule has 1 aliphatic heterocycles. The molecule has 0 amide bonds. The second kappa shape index (κ2) is 5.66. The smallest absolute Gasteiger partial charge is 0.0992 e. The van der Waals surface area contributed by atoms with Crippen LogP contribution in [0.5, 0.6) is 0 Å². The van der Waals surface area contributed by atoms with E-state index in [4.69, 9.17) is 11.0 Å². The maximum atomic E-state index is 8.95. The average molecular weight is 268 g/mol. The van der Waals surface area contributed by atoms with Crippen LogP contribution in [-0.2, 0) is 0 Å². The predicted octanol–water partition coefficient (Wildman–Crippen LogP) is 2.18. The van der Waals surface area contributed by atoms with E-state index in [1.54, 1.807) is 0 Å². The van der Waals surface area contributed by atoms with Crippen molar-refractivity contribution in [3.8, 4) is 6.07 Å². The number of aromatic amines is 1. The molecule has 1 aromatic carbocycles. The first-order valence-corrected chi connectivity index (χ1v) is 7.25. The van der Waals surface area contributed by atoms with Gasteiger partial charge in [-0.1, -0.05) is 6.07 Å². The first-order valence-electron chi connectivity index (χ1n) is 7.25. The van der Waals surface area contributed by atoms with E-state index in [0.29, 0.717) is 11.5 Å². The largest absolute Gasteiger partial charge is 0.361 e. The van der Waals surface area contributed by atoms with E-state index in [-0.39, 0.29) is 0 Å². The zero-order chi connectivity index (χ0) is 13.9. The van der Waals surface area contributed by atoms with Crippen LogP contribution in [0.3, 0.4) is 0 Å². The van der Waals surface area contributed by atoms with Crippen LogP contribution in [0.1, 0.15) is 29.9 Å². The van der Waals surface area contributed by atoms with Gasteiger partial charge in [-0.15, -0.1) is 0 Å². The van der Waals surface area contributed by atoms with Crippen molar-refractivity contribution in [1.82, 2.24) is 9.88 Å². The Bertz CT molecular complexity index is 629. The van der Waals surface area contributed by atoms with Gasteiger partial charge in [0, 0.05) is 30.2 Å². The number of hydrogen-bond acceptors (Lipinski definition) is 3. The average Bonchev–Trinajstić information content (AvgIpc) is 2.91. The van der Waals surface area contributed by atoms with Crippen molar-refractivity contribution in [3.63, 3.8) is 0 Å². The lowest BCUT2D eigenvalue weighted by Gasteiger charge is -2.31. The molecule has 1 saturated heterocycles. The number of piperidine rings is 1. The molecule has 0 spiro atoms. The quantitative estimate of drug-likeness (QED) is 0.896. The minimum Gasteiger partial charge on any atom is -0.361 e. The number of nitrogens with zero attached hydrogens (tertiary/aromatic N) is 2. The van der Waals surface area contributed by atoms with Gasteiger partial charge in [0.15, 0.2) is 0 Å². The highest BCUT2D eigenvalue weighted by Gasteiger charge is 2.22. The minimum atomic E-state index is 0.616. The zero-order valence-electron chi connectivity index (χ0n) is 11.6. The molecule has 3 N–H and O–H groups in total. The standard InChI is InChI=1S/C16H20N4/c17-5-8-20-6-3-13(4-7-20)15-11-19-16-9-12(10-18)1-2-14(15)16/h1-2,9,11,13,19H,3-8,17H2. The number of nitriles is 1. The molecule has 3 rings (SSSR count). The fourth-order valence-electron chi connectivity index (χ4n) is 3.21. The van der Waals surface area contributed by atoms with Crippen molar-refractivity contribution >= 4 is 10.9 Å². The lowest BCUT2D eigenvalue weighted by atomic mass is 9.89. The summed E-state index contributed by atoms with van der Waals surface area (Å²) in [5, 5.41) is 10.2. The van der Waals surface area contributed by atoms with Crippen LogP contribution in [0, 0.1) is 11.3 Å². The fraction of sp³-hybridized carbons (Fsp3) is 0.438. The maximum Gasteiger partial charge on any atom is 0.0992 e. The summed E-state index contributed by atoms with van der Waals surface area (Å²) in [4.78, 5) is 5.76. The van der Waals surface area contributed by atoms with Crippen molar-refractivity contribution in [3.05, 3.63) is 35.5 Å². The molecule has 0 radical (unpaired) electrons.